The molecule has 0 aliphatic carbocycles. The van der Waals surface area contributed by atoms with Gasteiger partial charge < -0.3 is 33.8 Å². The summed E-state index contributed by atoms with van der Waals surface area (Å²) in [5.74, 6) is 0.105. The summed E-state index contributed by atoms with van der Waals surface area (Å²) in [6, 6.07) is 0. The van der Waals surface area contributed by atoms with Gasteiger partial charge in [-0.05, 0) is 43.4 Å². The molecule has 0 amide bonds. The zero-order valence-electron chi connectivity index (χ0n) is 60.7. The summed E-state index contributed by atoms with van der Waals surface area (Å²) in [5.41, 5.74) is 0. The molecule has 0 rings (SSSR count). The van der Waals surface area contributed by atoms with E-state index in [0.29, 0.717) is 31.6 Å². The standard InChI is InChI=1S/C74H144O17P2/c1-8-9-10-11-12-13-14-15-19-22-28-33-41-48-55-71(76)84-61-69(90-73(78)57-50-43-34-29-23-20-17-16-18-21-26-31-38-45-52-65(2)3)63-88-92(80,81)86-59-68(75)60-87-93(82,83)89-64-70(62-85-72(77)56-49-42-37-36-40-47-54-67(6)7)91-74(79)58-51-44-35-30-25-24-27-32-39-46-53-66(4)5/h65-70,75H,8-64H2,1-7H3,(H,80,81)(H,82,83)/t68-,69-,70-/m1/s1. The minimum atomic E-state index is -4.96. The van der Waals surface area contributed by atoms with Crippen LogP contribution < -0.4 is 0 Å². The average Bonchev–Trinajstić information content (AvgIpc) is 1.74. The van der Waals surface area contributed by atoms with Crippen LogP contribution in [0.3, 0.4) is 0 Å². The van der Waals surface area contributed by atoms with Gasteiger partial charge in [-0.25, -0.2) is 9.13 Å². The van der Waals surface area contributed by atoms with Crippen LogP contribution in [-0.4, -0.2) is 96.7 Å². The third-order valence-electron chi connectivity index (χ3n) is 17.1. The highest BCUT2D eigenvalue weighted by molar-refractivity contribution is 7.47. The fraction of sp³-hybridized carbons (Fsp3) is 0.946. The lowest BCUT2D eigenvalue weighted by Gasteiger charge is -2.21. The van der Waals surface area contributed by atoms with Gasteiger partial charge in [0.2, 0.25) is 0 Å². The highest BCUT2D eigenvalue weighted by Crippen LogP contribution is 2.45. The van der Waals surface area contributed by atoms with E-state index < -0.39 is 97.5 Å². The monoisotopic (exact) mass is 1370 g/mol. The van der Waals surface area contributed by atoms with Crippen LogP contribution in [0.25, 0.3) is 0 Å². The molecule has 3 N–H and O–H groups in total. The van der Waals surface area contributed by atoms with E-state index in [-0.39, 0.29) is 25.7 Å². The number of rotatable bonds is 72. The Morgan fingerprint density at radius 3 is 0.731 bits per heavy atom. The molecular formula is C74H144O17P2. The summed E-state index contributed by atoms with van der Waals surface area (Å²) < 4.78 is 68.4. The van der Waals surface area contributed by atoms with Crippen LogP contribution in [0.5, 0.6) is 0 Å². The largest absolute Gasteiger partial charge is 0.472 e. The van der Waals surface area contributed by atoms with E-state index in [1.165, 1.54) is 180 Å². The van der Waals surface area contributed by atoms with Crippen molar-refractivity contribution in [2.45, 2.75) is 394 Å². The number of hydrogen-bond acceptors (Lipinski definition) is 15. The predicted octanol–water partition coefficient (Wildman–Crippen LogP) is 21.4. The quantitative estimate of drug-likeness (QED) is 0.0222. The van der Waals surface area contributed by atoms with Gasteiger partial charge in [-0.15, -0.1) is 0 Å². The number of unbranched alkanes of at least 4 members (excludes halogenated alkanes) is 40. The van der Waals surface area contributed by atoms with E-state index in [2.05, 4.69) is 48.5 Å². The van der Waals surface area contributed by atoms with E-state index in [4.69, 9.17) is 37.0 Å². The summed E-state index contributed by atoms with van der Waals surface area (Å²) in [4.78, 5) is 72.7. The number of phosphoric acid groups is 2. The Kier molecular flexibility index (Phi) is 63.4. The molecule has 0 aliphatic heterocycles. The van der Waals surface area contributed by atoms with Crippen LogP contribution in [0.4, 0.5) is 0 Å². The Hall–Kier alpha value is -1.94. The van der Waals surface area contributed by atoms with Gasteiger partial charge in [-0.1, -0.05) is 325 Å². The van der Waals surface area contributed by atoms with Crippen LogP contribution in [0.2, 0.25) is 0 Å². The van der Waals surface area contributed by atoms with Crippen LogP contribution in [0.1, 0.15) is 376 Å². The van der Waals surface area contributed by atoms with Gasteiger partial charge in [0, 0.05) is 25.7 Å². The highest BCUT2D eigenvalue weighted by atomic mass is 31.2. The summed E-state index contributed by atoms with van der Waals surface area (Å²) in [5, 5.41) is 10.6. The zero-order valence-corrected chi connectivity index (χ0v) is 62.5. The molecule has 0 aromatic heterocycles. The van der Waals surface area contributed by atoms with Crippen molar-refractivity contribution in [2.75, 3.05) is 39.6 Å². The number of esters is 4. The Morgan fingerprint density at radius 2 is 0.495 bits per heavy atom. The second-order valence-electron chi connectivity index (χ2n) is 28.1. The van der Waals surface area contributed by atoms with Crippen LogP contribution in [0, 0.1) is 17.8 Å². The maximum atomic E-state index is 13.1. The molecule has 0 bridgehead atoms. The molecule has 0 aromatic rings. The molecule has 17 nitrogen and oxygen atoms in total. The normalized spacial score (nSPS) is 14.1. The van der Waals surface area contributed by atoms with Crippen molar-refractivity contribution >= 4 is 39.5 Å². The van der Waals surface area contributed by atoms with Crippen molar-refractivity contribution in [2.24, 2.45) is 17.8 Å². The highest BCUT2D eigenvalue weighted by Gasteiger charge is 2.30. The van der Waals surface area contributed by atoms with Gasteiger partial charge in [0.25, 0.3) is 0 Å². The fourth-order valence-corrected chi connectivity index (χ4v) is 12.8. The van der Waals surface area contributed by atoms with Gasteiger partial charge in [0.05, 0.1) is 26.4 Å². The average molecular weight is 1370 g/mol. The molecular weight excluding hydrogens is 1220 g/mol. The summed E-state index contributed by atoms with van der Waals surface area (Å²) in [7, 11) is -9.91. The SMILES string of the molecule is CCCCCCCCCCCCCCCCC(=O)OC[C@H](COP(=O)(O)OC[C@@H](O)COP(=O)(O)OC[C@@H](COC(=O)CCCCCCCCC(C)C)OC(=O)CCCCCCCCCCCCC(C)C)OC(=O)CCCCCCCCCCCCCCCCC(C)C. The number of carbonyl (C=O) groups excluding carboxylic acids is 4. The molecule has 0 saturated heterocycles. The minimum absolute atomic E-state index is 0.105. The van der Waals surface area contributed by atoms with E-state index in [1.807, 2.05) is 0 Å². The molecule has 0 heterocycles. The first-order valence-corrected chi connectivity index (χ1v) is 41.3. The van der Waals surface area contributed by atoms with Crippen molar-refractivity contribution in [1.82, 2.24) is 0 Å². The molecule has 0 saturated carbocycles. The number of aliphatic hydroxyl groups is 1. The summed E-state index contributed by atoms with van der Waals surface area (Å²) in [6.07, 6.45) is 50.0. The van der Waals surface area contributed by atoms with Gasteiger partial charge >= 0.3 is 39.5 Å². The minimum Gasteiger partial charge on any atom is -0.462 e. The Balaban J connectivity index is 5.24. The van der Waals surface area contributed by atoms with Gasteiger partial charge in [-0.2, -0.15) is 0 Å². The topological polar surface area (TPSA) is 237 Å². The first-order chi connectivity index (χ1) is 44.7. The lowest BCUT2D eigenvalue weighted by Crippen LogP contribution is -2.30. The molecule has 93 heavy (non-hydrogen) atoms. The molecule has 5 atom stereocenters. The first kappa shape index (κ1) is 91.1. The van der Waals surface area contributed by atoms with Crippen LogP contribution in [0.15, 0.2) is 0 Å². The van der Waals surface area contributed by atoms with Gasteiger partial charge in [-0.3, -0.25) is 37.3 Å². The van der Waals surface area contributed by atoms with Crippen LogP contribution >= 0.6 is 15.6 Å². The Bertz CT molecular complexity index is 1820. The predicted molar refractivity (Wildman–Crippen MR) is 377 cm³/mol. The number of phosphoric ester groups is 2. The summed E-state index contributed by atoms with van der Waals surface area (Å²) >= 11 is 0. The maximum Gasteiger partial charge on any atom is 0.472 e. The smallest absolute Gasteiger partial charge is 0.462 e. The van der Waals surface area contributed by atoms with Crippen molar-refractivity contribution in [3.05, 3.63) is 0 Å². The molecule has 0 fully saturated rings. The molecule has 0 aliphatic rings. The van der Waals surface area contributed by atoms with E-state index in [1.54, 1.807) is 0 Å². The summed E-state index contributed by atoms with van der Waals surface area (Å²) in [6.45, 7) is 11.8. The van der Waals surface area contributed by atoms with Crippen molar-refractivity contribution in [3.8, 4) is 0 Å². The molecule has 2 unspecified atom stereocenters. The van der Waals surface area contributed by atoms with Gasteiger partial charge in [0.1, 0.15) is 19.3 Å². The van der Waals surface area contributed by atoms with E-state index in [9.17, 15) is 43.2 Å². The number of hydrogen-bond donors (Lipinski definition) is 3. The molecule has 552 valence electrons. The number of aliphatic hydroxyl groups excluding tert-OH is 1. The van der Waals surface area contributed by atoms with E-state index >= 15 is 0 Å². The Labute approximate surface area is 568 Å². The zero-order chi connectivity index (χ0) is 68.7. The second kappa shape index (κ2) is 64.7. The maximum absolute atomic E-state index is 13.1. The first-order valence-electron chi connectivity index (χ1n) is 38.3. The number of ether oxygens (including phenoxy) is 4. The fourth-order valence-electron chi connectivity index (χ4n) is 11.2. The van der Waals surface area contributed by atoms with Crippen LogP contribution in [-0.2, 0) is 65.4 Å². The third-order valence-corrected chi connectivity index (χ3v) is 19.0. The Morgan fingerprint density at radius 1 is 0.290 bits per heavy atom. The third kappa shape index (κ3) is 68.4. The van der Waals surface area contributed by atoms with Crippen molar-refractivity contribution in [3.63, 3.8) is 0 Å². The van der Waals surface area contributed by atoms with Crippen molar-refractivity contribution < 1.29 is 80.2 Å². The lowest BCUT2D eigenvalue weighted by molar-refractivity contribution is -0.161. The molecule has 0 radical (unpaired) electrons. The number of carbonyl (C=O) groups is 4. The van der Waals surface area contributed by atoms with Crippen molar-refractivity contribution in [1.29, 1.82) is 0 Å². The van der Waals surface area contributed by atoms with Gasteiger partial charge in [0.15, 0.2) is 12.2 Å². The van der Waals surface area contributed by atoms with E-state index in [0.717, 1.165) is 108 Å². The lowest BCUT2D eigenvalue weighted by atomic mass is 10.0. The second-order valence-corrected chi connectivity index (χ2v) is 31.0. The molecule has 0 spiro atoms. The molecule has 0 aromatic carbocycles. The molecule has 19 heteroatoms.